The van der Waals surface area contributed by atoms with E-state index in [-0.39, 0.29) is 30.6 Å². The molecule has 3 saturated heterocycles. The number of nitrogens with one attached hydrogen (secondary N) is 3. The van der Waals surface area contributed by atoms with Gasteiger partial charge in [-0.05, 0) is 69.0 Å². The van der Waals surface area contributed by atoms with Crippen molar-refractivity contribution in [2.24, 2.45) is 0 Å². The highest BCUT2D eigenvalue weighted by atomic mass is 35.5. The summed E-state index contributed by atoms with van der Waals surface area (Å²) in [4.78, 5) is 67.8. The van der Waals surface area contributed by atoms with Crippen LogP contribution in [0.5, 0.6) is 5.75 Å². The number of para-hydroxylation sites is 1. The quantitative estimate of drug-likeness (QED) is 0.0712. The summed E-state index contributed by atoms with van der Waals surface area (Å²) in [7, 11) is -0.913. The Labute approximate surface area is 377 Å². The number of ether oxygens (including phenoxy) is 2. The van der Waals surface area contributed by atoms with Gasteiger partial charge in [0, 0.05) is 80.9 Å². The minimum absolute atomic E-state index is 0.0611. The number of aromatic nitrogens is 2. The molecule has 0 bridgehead atoms. The van der Waals surface area contributed by atoms with Gasteiger partial charge in [-0.2, -0.15) is 4.98 Å². The minimum atomic E-state index is -2.56. The van der Waals surface area contributed by atoms with Gasteiger partial charge in [0.25, 0.3) is 11.8 Å². The van der Waals surface area contributed by atoms with Gasteiger partial charge in [-0.25, -0.2) is 4.98 Å². The second-order valence-electron chi connectivity index (χ2n) is 16.5. The van der Waals surface area contributed by atoms with E-state index >= 15 is 0 Å². The molecule has 8 rings (SSSR count). The molecule has 0 radical (unpaired) electrons. The van der Waals surface area contributed by atoms with E-state index in [0.717, 1.165) is 69.2 Å². The highest BCUT2D eigenvalue weighted by Gasteiger charge is 2.45. The molecule has 16 nitrogen and oxygen atoms in total. The zero-order valence-electron chi connectivity index (χ0n) is 36.1. The molecule has 4 aromatic rings. The van der Waals surface area contributed by atoms with Gasteiger partial charge in [-0.3, -0.25) is 39.2 Å². The van der Waals surface area contributed by atoms with Crippen LogP contribution < -0.4 is 30.9 Å². The molecule has 64 heavy (non-hydrogen) atoms. The van der Waals surface area contributed by atoms with Gasteiger partial charge in [-0.15, -0.1) is 0 Å². The molecule has 18 heteroatoms. The standard InChI is InChI=1S/C46H51ClN9O7P/c1-62-38-28-32(13-14-35(38)50-46-48-29-34(47)42(52-46)49-36-11-4-5-12-39(36)64(2,3)61)54-19-17-31(18-20-54)55-23-21-53(22-24-55)25-27-63-26-7-9-30-8-6-10-33-41(30)45(60)56(44(33)59)37-15-16-40(57)51-43(37)58/h4-6,8,10-14,28-29,31,37H,15-27H2,1-3H3,(H,51,57,58)(H2,48,49,50,52). The summed E-state index contributed by atoms with van der Waals surface area (Å²) in [5, 5.41) is 9.78. The lowest BCUT2D eigenvalue weighted by Gasteiger charge is -2.43. The molecule has 4 aliphatic heterocycles. The number of rotatable bonds is 13. The number of hydrogen-bond acceptors (Lipinski definition) is 14. The molecule has 334 valence electrons. The molecule has 1 atom stereocenters. The monoisotopic (exact) mass is 907 g/mol. The molecule has 3 aromatic carbocycles. The van der Waals surface area contributed by atoms with E-state index < -0.39 is 36.8 Å². The molecule has 3 fully saturated rings. The van der Waals surface area contributed by atoms with Crippen LogP contribution in [-0.4, -0.2) is 140 Å². The number of amides is 4. The van der Waals surface area contributed by atoms with Gasteiger partial charge in [-0.1, -0.05) is 41.6 Å². The first-order valence-electron chi connectivity index (χ1n) is 21.4. The number of benzene rings is 3. The summed E-state index contributed by atoms with van der Waals surface area (Å²) in [5.41, 5.74) is 3.26. The van der Waals surface area contributed by atoms with Crippen LogP contribution in [0.3, 0.4) is 0 Å². The summed E-state index contributed by atoms with van der Waals surface area (Å²) in [6.07, 6.45) is 3.81. The van der Waals surface area contributed by atoms with Gasteiger partial charge < -0.3 is 29.6 Å². The Kier molecular flexibility index (Phi) is 13.6. The molecule has 0 saturated carbocycles. The molecule has 0 spiro atoms. The fraction of sp³-hybridized carbons (Fsp3) is 0.391. The molecule has 3 N–H and O–H groups in total. The van der Waals surface area contributed by atoms with Crippen molar-refractivity contribution < 1.29 is 33.2 Å². The number of nitrogens with zero attached hydrogens (tertiary/aromatic N) is 6. The number of imide groups is 2. The van der Waals surface area contributed by atoms with Gasteiger partial charge in [0.05, 0.1) is 42.4 Å². The number of halogens is 1. The smallest absolute Gasteiger partial charge is 0.263 e. The first kappa shape index (κ1) is 44.8. The van der Waals surface area contributed by atoms with Crippen molar-refractivity contribution in [3.8, 4) is 17.6 Å². The highest BCUT2D eigenvalue weighted by molar-refractivity contribution is 7.70. The van der Waals surface area contributed by atoms with Gasteiger partial charge in [0.2, 0.25) is 17.8 Å². The molecular formula is C46H51ClN9O7P. The molecule has 4 amide bonds. The van der Waals surface area contributed by atoms with Gasteiger partial charge >= 0.3 is 0 Å². The van der Waals surface area contributed by atoms with Crippen molar-refractivity contribution >= 4 is 76.5 Å². The van der Waals surface area contributed by atoms with Gasteiger partial charge in [0.15, 0.2) is 5.82 Å². The van der Waals surface area contributed by atoms with Crippen LogP contribution in [0.4, 0.5) is 28.8 Å². The van der Waals surface area contributed by atoms with Crippen LogP contribution in [0, 0.1) is 11.8 Å². The molecule has 0 aliphatic carbocycles. The SMILES string of the molecule is COc1cc(N2CCC(N3CCN(CCOCC#Cc4cccc5c4C(=O)N(C4CCC(=O)NC4=O)C5=O)CC3)CC2)ccc1Nc1ncc(Cl)c(Nc2ccccc2P(C)(C)=O)n1. The van der Waals surface area contributed by atoms with Crippen LogP contribution >= 0.6 is 18.7 Å². The van der Waals surface area contributed by atoms with E-state index in [4.69, 9.17) is 21.1 Å². The van der Waals surface area contributed by atoms with E-state index in [2.05, 4.69) is 58.5 Å². The third-order valence-electron chi connectivity index (χ3n) is 12.1. The van der Waals surface area contributed by atoms with Crippen molar-refractivity contribution in [1.82, 2.24) is 30.0 Å². The maximum atomic E-state index is 13.3. The number of piperidine rings is 2. The van der Waals surface area contributed by atoms with Crippen molar-refractivity contribution in [3.05, 3.63) is 88.6 Å². The van der Waals surface area contributed by atoms with Crippen LogP contribution in [0.2, 0.25) is 5.02 Å². The molecule has 5 heterocycles. The van der Waals surface area contributed by atoms with E-state index in [1.165, 1.54) is 6.20 Å². The Morgan fingerprint density at radius 2 is 1.69 bits per heavy atom. The molecule has 1 aromatic heterocycles. The predicted octanol–water partition coefficient (Wildman–Crippen LogP) is 4.93. The lowest BCUT2D eigenvalue weighted by Crippen LogP contribution is -2.54. The number of anilines is 5. The predicted molar refractivity (Wildman–Crippen MR) is 246 cm³/mol. The Bertz CT molecular complexity index is 2560. The Hall–Kier alpha value is -5.82. The first-order chi connectivity index (χ1) is 30.9. The normalized spacial score (nSPS) is 18.7. The van der Waals surface area contributed by atoms with Crippen molar-refractivity contribution in [2.75, 3.05) is 95.0 Å². The largest absolute Gasteiger partial charge is 0.494 e. The molecular weight excluding hydrogens is 857 g/mol. The summed E-state index contributed by atoms with van der Waals surface area (Å²) >= 11 is 6.48. The number of piperazine rings is 1. The number of carbonyl (C=O) groups excluding carboxylic acids is 4. The average Bonchev–Trinajstić information content (AvgIpc) is 3.55. The fourth-order valence-corrected chi connectivity index (χ4v) is 9.99. The zero-order chi connectivity index (χ0) is 45.0. The van der Waals surface area contributed by atoms with E-state index in [1.54, 1.807) is 38.6 Å². The van der Waals surface area contributed by atoms with Crippen molar-refractivity contribution in [1.29, 1.82) is 0 Å². The second-order valence-corrected chi connectivity index (χ2v) is 20.1. The fourth-order valence-electron chi connectivity index (χ4n) is 8.70. The van der Waals surface area contributed by atoms with Crippen LogP contribution in [0.1, 0.15) is 52.0 Å². The van der Waals surface area contributed by atoms with Gasteiger partial charge in [0.1, 0.15) is 30.6 Å². The lowest BCUT2D eigenvalue weighted by molar-refractivity contribution is -0.136. The maximum Gasteiger partial charge on any atom is 0.263 e. The number of methoxy groups -OCH3 is 1. The number of carbonyl (C=O) groups is 4. The molecule has 4 aliphatic rings. The van der Waals surface area contributed by atoms with E-state index in [1.807, 2.05) is 36.4 Å². The highest BCUT2D eigenvalue weighted by Crippen LogP contribution is 2.39. The van der Waals surface area contributed by atoms with Crippen LogP contribution in [0.25, 0.3) is 0 Å². The minimum Gasteiger partial charge on any atom is -0.494 e. The third kappa shape index (κ3) is 9.94. The topological polar surface area (TPSA) is 179 Å². The summed E-state index contributed by atoms with van der Waals surface area (Å²) in [6.45, 7) is 10.7. The van der Waals surface area contributed by atoms with Crippen molar-refractivity contribution in [3.63, 3.8) is 0 Å². The van der Waals surface area contributed by atoms with E-state index in [9.17, 15) is 23.7 Å². The summed E-state index contributed by atoms with van der Waals surface area (Å²) < 4.78 is 24.6. The maximum absolute atomic E-state index is 13.3. The Morgan fingerprint density at radius 3 is 2.44 bits per heavy atom. The lowest BCUT2D eigenvalue weighted by atomic mass is 10.0. The number of fused-ring (bicyclic) bond motifs is 1. The first-order valence-corrected chi connectivity index (χ1v) is 24.4. The number of hydrogen-bond donors (Lipinski definition) is 3. The summed E-state index contributed by atoms with van der Waals surface area (Å²) in [5.74, 6) is 5.16. The Morgan fingerprint density at radius 1 is 0.906 bits per heavy atom. The summed E-state index contributed by atoms with van der Waals surface area (Å²) in [6, 6.07) is 17.9. The van der Waals surface area contributed by atoms with E-state index in [0.29, 0.717) is 57.4 Å². The second kappa shape index (κ2) is 19.5. The third-order valence-corrected chi connectivity index (χ3v) is 13.9. The zero-order valence-corrected chi connectivity index (χ0v) is 37.7. The average molecular weight is 908 g/mol. The molecule has 1 unspecified atom stereocenters. The Balaban J connectivity index is 0.771. The van der Waals surface area contributed by atoms with Crippen LogP contribution in [-0.2, 0) is 18.9 Å². The van der Waals surface area contributed by atoms with Crippen molar-refractivity contribution in [2.45, 2.75) is 37.8 Å². The van der Waals surface area contributed by atoms with Crippen LogP contribution in [0.15, 0.2) is 66.9 Å².